The molecule has 0 radical (unpaired) electrons. The number of para-hydroxylation sites is 1. The molecule has 2 aliphatic rings. The minimum atomic E-state index is 0.0259. The number of hydrogen-bond donors (Lipinski definition) is 0. The lowest BCUT2D eigenvalue weighted by atomic mass is 9.85. The zero-order valence-electron chi connectivity index (χ0n) is 21.6. The summed E-state index contributed by atoms with van der Waals surface area (Å²) in [6.07, 6.45) is 6.43. The van der Waals surface area contributed by atoms with E-state index in [0.717, 1.165) is 45.7 Å². The summed E-state index contributed by atoms with van der Waals surface area (Å²) >= 11 is 4.91. The van der Waals surface area contributed by atoms with Crippen molar-refractivity contribution in [2.24, 2.45) is 10.9 Å². The van der Waals surface area contributed by atoms with E-state index in [4.69, 9.17) is 14.5 Å². The maximum Gasteiger partial charge on any atom is 0.267 e. The number of methoxy groups -OCH3 is 1. The van der Waals surface area contributed by atoms with E-state index in [9.17, 15) is 4.79 Å². The van der Waals surface area contributed by atoms with Crippen LogP contribution in [0.1, 0.15) is 43.7 Å². The van der Waals surface area contributed by atoms with E-state index in [2.05, 4.69) is 22.9 Å². The van der Waals surface area contributed by atoms with Crippen molar-refractivity contribution in [3.05, 3.63) is 93.3 Å². The Balaban J connectivity index is 1.40. The zero-order valence-corrected chi connectivity index (χ0v) is 24.0. The molecule has 1 aliphatic heterocycles. The molecule has 3 aromatic rings. The second kappa shape index (κ2) is 12.2. The molecule has 7 heteroatoms. The number of halogens is 1. The minimum absolute atomic E-state index is 0.0259. The number of carbonyl (C=O) groups is 1. The highest BCUT2D eigenvalue weighted by atomic mass is 79.9. The van der Waals surface area contributed by atoms with Gasteiger partial charge < -0.3 is 9.47 Å². The average Bonchev–Trinajstić information content (AvgIpc) is 3.23. The van der Waals surface area contributed by atoms with Gasteiger partial charge in [-0.25, -0.2) is 4.99 Å². The molecule has 2 fully saturated rings. The van der Waals surface area contributed by atoms with Crippen molar-refractivity contribution in [3.63, 3.8) is 0 Å². The van der Waals surface area contributed by atoms with E-state index >= 15 is 0 Å². The van der Waals surface area contributed by atoms with Crippen molar-refractivity contribution in [1.82, 2.24) is 4.90 Å². The summed E-state index contributed by atoms with van der Waals surface area (Å²) in [7, 11) is 1.63. The van der Waals surface area contributed by atoms with Crippen molar-refractivity contribution in [2.45, 2.75) is 45.3 Å². The lowest BCUT2D eigenvalue weighted by Gasteiger charge is -2.35. The molecule has 3 aromatic carbocycles. The predicted octanol–water partition coefficient (Wildman–Crippen LogP) is 8.22. The topological polar surface area (TPSA) is 51.1 Å². The van der Waals surface area contributed by atoms with Gasteiger partial charge in [-0.2, -0.15) is 0 Å². The van der Waals surface area contributed by atoms with Gasteiger partial charge >= 0.3 is 0 Å². The average molecular weight is 592 g/mol. The number of hydrogen-bond acceptors (Lipinski definition) is 5. The molecular formula is C31H31BrN2O3S. The van der Waals surface area contributed by atoms with Crippen LogP contribution in [0.3, 0.4) is 0 Å². The number of carbonyl (C=O) groups excluding carboxylic acids is 1. The third-order valence-corrected chi connectivity index (χ3v) is 8.52. The Kier molecular flexibility index (Phi) is 8.55. The summed E-state index contributed by atoms with van der Waals surface area (Å²) in [4.78, 5) is 21.3. The number of benzene rings is 3. The smallest absolute Gasteiger partial charge is 0.267 e. The number of rotatable bonds is 7. The van der Waals surface area contributed by atoms with Gasteiger partial charge in [0, 0.05) is 10.5 Å². The Morgan fingerprint density at radius 2 is 1.79 bits per heavy atom. The number of thioether (sulfide) groups is 1. The van der Waals surface area contributed by atoms with Crippen LogP contribution in [-0.4, -0.2) is 29.1 Å². The van der Waals surface area contributed by atoms with Crippen molar-refractivity contribution in [3.8, 4) is 11.5 Å². The van der Waals surface area contributed by atoms with Gasteiger partial charge in [-0.3, -0.25) is 9.69 Å². The van der Waals surface area contributed by atoms with Crippen LogP contribution in [-0.2, 0) is 11.4 Å². The normalized spacial score (nSPS) is 21.8. The largest absolute Gasteiger partial charge is 0.493 e. The van der Waals surface area contributed by atoms with E-state index in [1.165, 1.54) is 18.2 Å². The molecule has 0 aromatic heterocycles. The second-order valence-corrected chi connectivity index (χ2v) is 11.6. The molecule has 1 amide bonds. The highest BCUT2D eigenvalue weighted by Crippen LogP contribution is 2.40. The molecule has 1 saturated heterocycles. The van der Waals surface area contributed by atoms with Gasteiger partial charge in [-0.05, 0) is 84.1 Å². The Bertz CT molecular complexity index is 1340. The summed E-state index contributed by atoms with van der Waals surface area (Å²) in [5.74, 6) is 1.75. The van der Waals surface area contributed by atoms with Crippen molar-refractivity contribution in [2.75, 3.05) is 7.11 Å². The summed E-state index contributed by atoms with van der Waals surface area (Å²) in [6, 6.07) is 23.8. The fourth-order valence-electron chi connectivity index (χ4n) is 4.94. The molecular weight excluding hydrogens is 560 g/mol. The molecule has 1 heterocycles. The number of nitrogens with zero attached hydrogens (tertiary/aromatic N) is 2. The van der Waals surface area contributed by atoms with Gasteiger partial charge in [-0.15, -0.1) is 0 Å². The first-order valence-corrected chi connectivity index (χ1v) is 14.5. The third-order valence-electron chi connectivity index (χ3n) is 7.01. The van der Waals surface area contributed by atoms with Gasteiger partial charge in [0.2, 0.25) is 0 Å². The van der Waals surface area contributed by atoms with Crippen LogP contribution in [0.15, 0.2) is 87.2 Å². The molecule has 2 atom stereocenters. The summed E-state index contributed by atoms with van der Waals surface area (Å²) < 4.78 is 12.7. The standard InChI is InChI=1S/C31H31BrN2O3S/c1-21-8-6-7-11-26(21)34-30(35)29(38-31(34)33-25-9-4-3-5-10-25)19-23-14-17-27(28(18-23)36-2)37-20-22-12-15-24(32)16-13-22/h3-5,9-10,12-19,21,26H,6-8,11,20H2,1-2H3/b29-19-,33-31?/t21-,26-/m1/s1. The van der Waals surface area contributed by atoms with E-state index < -0.39 is 0 Å². The minimum Gasteiger partial charge on any atom is -0.493 e. The van der Waals surface area contributed by atoms with Crippen molar-refractivity contribution < 1.29 is 14.3 Å². The highest BCUT2D eigenvalue weighted by molar-refractivity contribution is 9.10. The Morgan fingerprint density at radius 1 is 1.03 bits per heavy atom. The van der Waals surface area contributed by atoms with E-state index in [1.54, 1.807) is 7.11 Å². The maximum atomic E-state index is 13.8. The number of ether oxygens (including phenoxy) is 2. The van der Waals surface area contributed by atoms with Crippen LogP contribution < -0.4 is 9.47 Å². The molecule has 5 rings (SSSR count). The molecule has 0 spiro atoms. The van der Waals surface area contributed by atoms with Gasteiger partial charge in [0.1, 0.15) is 6.61 Å². The molecule has 1 saturated carbocycles. The molecule has 5 nitrogen and oxygen atoms in total. The van der Waals surface area contributed by atoms with Crippen LogP contribution in [0, 0.1) is 5.92 Å². The second-order valence-electron chi connectivity index (χ2n) is 9.67. The Hall–Kier alpha value is -3.03. The Labute approximate surface area is 237 Å². The summed E-state index contributed by atoms with van der Waals surface area (Å²) in [5, 5.41) is 0.757. The molecule has 38 heavy (non-hydrogen) atoms. The van der Waals surface area contributed by atoms with Crippen LogP contribution in [0.2, 0.25) is 0 Å². The first kappa shape index (κ1) is 26.6. The lowest BCUT2D eigenvalue weighted by molar-refractivity contribution is -0.124. The maximum absolute atomic E-state index is 13.8. The van der Waals surface area contributed by atoms with Crippen LogP contribution in [0.25, 0.3) is 6.08 Å². The fourth-order valence-corrected chi connectivity index (χ4v) is 6.25. The van der Waals surface area contributed by atoms with Gasteiger partial charge in [-0.1, -0.05) is 72.1 Å². The molecule has 196 valence electrons. The quantitative estimate of drug-likeness (QED) is 0.260. The predicted molar refractivity (Wildman–Crippen MR) is 159 cm³/mol. The fraction of sp³-hybridized carbons (Fsp3) is 0.290. The summed E-state index contributed by atoms with van der Waals surface area (Å²) in [5.41, 5.74) is 2.80. The van der Waals surface area contributed by atoms with Crippen molar-refractivity contribution >= 4 is 50.5 Å². The molecule has 0 N–H and O–H groups in total. The SMILES string of the molecule is COc1cc(/C=C2\SC(=Nc3ccccc3)N([C@@H]3CCCC[C@H]3C)C2=O)ccc1OCc1ccc(Br)cc1. The van der Waals surface area contributed by atoms with Crippen LogP contribution >= 0.6 is 27.7 Å². The molecule has 1 aliphatic carbocycles. The Morgan fingerprint density at radius 3 is 2.53 bits per heavy atom. The van der Waals surface area contributed by atoms with Gasteiger partial charge in [0.15, 0.2) is 16.7 Å². The highest BCUT2D eigenvalue weighted by Gasteiger charge is 2.41. The van der Waals surface area contributed by atoms with Crippen LogP contribution in [0.4, 0.5) is 5.69 Å². The summed E-state index contributed by atoms with van der Waals surface area (Å²) in [6.45, 7) is 2.69. The monoisotopic (exact) mass is 590 g/mol. The first-order valence-electron chi connectivity index (χ1n) is 12.9. The third kappa shape index (κ3) is 6.16. The molecule has 0 unspecified atom stereocenters. The van der Waals surface area contributed by atoms with E-state index in [-0.39, 0.29) is 11.9 Å². The lowest BCUT2D eigenvalue weighted by Crippen LogP contribution is -2.44. The number of amidine groups is 1. The van der Waals surface area contributed by atoms with Gasteiger partial charge in [0.05, 0.1) is 17.7 Å². The number of aliphatic imine (C=N–C) groups is 1. The number of amides is 1. The van der Waals surface area contributed by atoms with E-state index in [1.807, 2.05) is 83.8 Å². The van der Waals surface area contributed by atoms with E-state index in [0.29, 0.717) is 28.9 Å². The first-order chi connectivity index (χ1) is 18.5. The van der Waals surface area contributed by atoms with Crippen molar-refractivity contribution in [1.29, 1.82) is 0 Å². The molecule has 0 bridgehead atoms. The van der Waals surface area contributed by atoms with Crippen LogP contribution in [0.5, 0.6) is 11.5 Å². The van der Waals surface area contributed by atoms with Gasteiger partial charge in [0.25, 0.3) is 5.91 Å². The zero-order chi connectivity index (χ0) is 26.5.